The third-order valence-corrected chi connectivity index (χ3v) is 4.20. The van der Waals surface area contributed by atoms with Crippen molar-refractivity contribution in [3.05, 3.63) is 30.1 Å². The summed E-state index contributed by atoms with van der Waals surface area (Å²) in [7, 11) is 0. The molecular weight excluding hydrogens is 208 g/mol. The van der Waals surface area contributed by atoms with Crippen LogP contribution in [0.5, 0.6) is 0 Å². The molecule has 1 N–H and O–H groups in total. The van der Waals surface area contributed by atoms with E-state index in [4.69, 9.17) is 0 Å². The van der Waals surface area contributed by atoms with Crippen molar-refractivity contribution in [3.63, 3.8) is 0 Å². The van der Waals surface area contributed by atoms with Crippen molar-refractivity contribution >= 4 is 0 Å². The van der Waals surface area contributed by atoms with Crippen molar-refractivity contribution in [2.45, 2.75) is 39.0 Å². The highest BCUT2D eigenvalue weighted by Crippen LogP contribution is 2.47. The van der Waals surface area contributed by atoms with Gasteiger partial charge in [0.1, 0.15) is 0 Å². The van der Waals surface area contributed by atoms with E-state index in [1.807, 2.05) is 12.4 Å². The molecule has 2 nitrogen and oxygen atoms in total. The van der Waals surface area contributed by atoms with Gasteiger partial charge in [0.25, 0.3) is 0 Å². The van der Waals surface area contributed by atoms with Gasteiger partial charge >= 0.3 is 0 Å². The molecule has 1 aromatic heterocycles. The van der Waals surface area contributed by atoms with E-state index < -0.39 is 0 Å². The van der Waals surface area contributed by atoms with Gasteiger partial charge in [0, 0.05) is 24.4 Å². The van der Waals surface area contributed by atoms with E-state index in [-0.39, 0.29) is 0 Å². The van der Waals surface area contributed by atoms with Crippen LogP contribution in [0.1, 0.15) is 39.2 Å². The zero-order valence-electron chi connectivity index (χ0n) is 11.2. The molecule has 1 aromatic rings. The summed E-state index contributed by atoms with van der Waals surface area (Å²) in [5, 5.41) is 3.63. The molecule has 0 amide bonds. The van der Waals surface area contributed by atoms with Crippen LogP contribution >= 0.6 is 0 Å². The van der Waals surface area contributed by atoms with Gasteiger partial charge in [-0.15, -0.1) is 0 Å². The summed E-state index contributed by atoms with van der Waals surface area (Å²) in [4.78, 5) is 4.28. The Morgan fingerprint density at radius 2 is 2.35 bits per heavy atom. The largest absolute Gasteiger partial charge is 0.316 e. The average molecular weight is 232 g/mol. The third kappa shape index (κ3) is 2.52. The van der Waals surface area contributed by atoms with Crippen molar-refractivity contribution in [2.75, 3.05) is 13.1 Å². The molecule has 0 spiro atoms. The first-order valence-electron chi connectivity index (χ1n) is 6.76. The second kappa shape index (κ2) is 5.18. The SMILES string of the molecule is CC(C)CNCC1(c2cccnc2)CCC1C. The Morgan fingerprint density at radius 1 is 1.53 bits per heavy atom. The first-order valence-corrected chi connectivity index (χ1v) is 6.76. The quantitative estimate of drug-likeness (QED) is 0.844. The monoisotopic (exact) mass is 232 g/mol. The lowest BCUT2D eigenvalue weighted by atomic mass is 9.57. The van der Waals surface area contributed by atoms with Gasteiger partial charge in [-0.2, -0.15) is 0 Å². The topological polar surface area (TPSA) is 24.9 Å². The van der Waals surface area contributed by atoms with Gasteiger partial charge in [0.15, 0.2) is 0 Å². The molecule has 0 radical (unpaired) electrons. The minimum absolute atomic E-state index is 0.336. The van der Waals surface area contributed by atoms with E-state index in [0.29, 0.717) is 5.41 Å². The Balaban J connectivity index is 2.06. The molecule has 2 rings (SSSR count). The summed E-state index contributed by atoms with van der Waals surface area (Å²) in [6.45, 7) is 9.09. The Labute approximate surface area is 105 Å². The first-order chi connectivity index (χ1) is 8.15. The molecule has 1 heterocycles. The molecule has 2 heteroatoms. The molecule has 1 aliphatic rings. The molecular formula is C15H24N2. The number of hydrogen-bond donors (Lipinski definition) is 1. The van der Waals surface area contributed by atoms with Gasteiger partial charge in [-0.05, 0) is 42.9 Å². The second-order valence-corrected chi connectivity index (χ2v) is 5.86. The number of hydrogen-bond acceptors (Lipinski definition) is 2. The van der Waals surface area contributed by atoms with Gasteiger partial charge in [0.2, 0.25) is 0 Å². The summed E-state index contributed by atoms with van der Waals surface area (Å²) in [6, 6.07) is 4.30. The molecule has 17 heavy (non-hydrogen) atoms. The Kier molecular flexibility index (Phi) is 3.82. The van der Waals surface area contributed by atoms with Gasteiger partial charge < -0.3 is 5.32 Å². The molecule has 1 aliphatic carbocycles. The average Bonchev–Trinajstić information content (AvgIpc) is 2.33. The lowest BCUT2D eigenvalue weighted by molar-refractivity contribution is 0.132. The lowest BCUT2D eigenvalue weighted by Gasteiger charge is -2.49. The van der Waals surface area contributed by atoms with Gasteiger partial charge in [0.05, 0.1) is 0 Å². The van der Waals surface area contributed by atoms with Crippen molar-refractivity contribution in [2.24, 2.45) is 11.8 Å². The second-order valence-electron chi connectivity index (χ2n) is 5.86. The van der Waals surface area contributed by atoms with Crippen LogP contribution in [-0.2, 0) is 5.41 Å². The van der Waals surface area contributed by atoms with Crippen molar-refractivity contribution in [1.82, 2.24) is 10.3 Å². The molecule has 94 valence electrons. The predicted molar refractivity (Wildman–Crippen MR) is 72.0 cm³/mol. The normalized spacial score (nSPS) is 28.1. The number of pyridine rings is 1. The first kappa shape index (κ1) is 12.6. The molecule has 0 aliphatic heterocycles. The maximum atomic E-state index is 4.28. The molecule has 2 unspecified atom stereocenters. The minimum Gasteiger partial charge on any atom is -0.316 e. The zero-order valence-corrected chi connectivity index (χ0v) is 11.2. The third-order valence-electron chi connectivity index (χ3n) is 4.20. The van der Waals surface area contributed by atoms with Crippen LogP contribution in [0.2, 0.25) is 0 Å². The van der Waals surface area contributed by atoms with Crippen molar-refractivity contribution < 1.29 is 0 Å². The van der Waals surface area contributed by atoms with E-state index in [2.05, 4.69) is 43.2 Å². The molecule has 1 saturated carbocycles. The molecule has 0 saturated heterocycles. The van der Waals surface area contributed by atoms with Crippen LogP contribution in [0.3, 0.4) is 0 Å². The van der Waals surface area contributed by atoms with E-state index in [1.54, 1.807) is 0 Å². The summed E-state index contributed by atoms with van der Waals surface area (Å²) in [5.74, 6) is 1.49. The van der Waals surface area contributed by atoms with Gasteiger partial charge in [-0.3, -0.25) is 4.98 Å². The number of rotatable bonds is 5. The Bertz CT molecular complexity index is 347. The minimum atomic E-state index is 0.336. The highest BCUT2D eigenvalue weighted by molar-refractivity contribution is 5.27. The van der Waals surface area contributed by atoms with E-state index in [1.165, 1.54) is 18.4 Å². The van der Waals surface area contributed by atoms with Crippen LogP contribution in [0, 0.1) is 11.8 Å². The zero-order chi connectivity index (χ0) is 12.3. The fourth-order valence-corrected chi connectivity index (χ4v) is 2.82. The van der Waals surface area contributed by atoms with E-state index in [0.717, 1.165) is 24.9 Å². The Hall–Kier alpha value is -0.890. The summed E-state index contributed by atoms with van der Waals surface area (Å²) < 4.78 is 0. The van der Waals surface area contributed by atoms with Gasteiger partial charge in [-0.25, -0.2) is 0 Å². The van der Waals surface area contributed by atoms with Crippen LogP contribution in [0.4, 0.5) is 0 Å². The van der Waals surface area contributed by atoms with E-state index >= 15 is 0 Å². The fraction of sp³-hybridized carbons (Fsp3) is 0.667. The van der Waals surface area contributed by atoms with Crippen molar-refractivity contribution in [1.29, 1.82) is 0 Å². The van der Waals surface area contributed by atoms with Crippen LogP contribution in [0.15, 0.2) is 24.5 Å². The standard InChI is InChI=1S/C15H24N2/c1-12(2)9-17-11-15(7-6-13(15)3)14-5-4-8-16-10-14/h4-5,8,10,12-13,17H,6-7,9,11H2,1-3H3. The lowest BCUT2D eigenvalue weighted by Crippen LogP contribution is -2.50. The molecule has 0 aromatic carbocycles. The van der Waals surface area contributed by atoms with Crippen LogP contribution in [-0.4, -0.2) is 18.1 Å². The smallest absolute Gasteiger partial charge is 0.0306 e. The van der Waals surface area contributed by atoms with E-state index in [9.17, 15) is 0 Å². The highest BCUT2D eigenvalue weighted by atomic mass is 14.9. The predicted octanol–water partition coefficient (Wildman–Crippen LogP) is 2.99. The maximum absolute atomic E-state index is 4.28. The molecule has 0 bridgehead atoms. The molecule has 2 atom stereocenters. The van der Waals surface area contributed by atoms with Crippen molar-refractivity contribution in [3.8, 4) is 0 Å². The fourth-order valence-electron chi connectivity index (χ4n) is 2.82. The Morgan fingerprint density at radius 3 is 2.82 bits per heavy atom. The van der Waals surface area contributed by atoms with Crippen LogP contribution < -0.4 is 5.32 Å². The van der Waals surface area contributed by atoms with Crippen LogP contribution in [0.25, 0.3) is 0 Å². The summed E-state index contributed by atoms with van der Waals surface area (Å²) in [5.41, 5.74) is 1.75. The maximum Gasteiger partial charge on any atom is 0.0306 e. The number of aromatic nitrogens is 1. The summed E-state index contributed by atoms with van der Waals surface area (Å²) >= 11 is 0. The van der Waals surface area contributed by atoms with Gasteiger partial charge in [-0.1, -0.05) is 26.8 Å². The molecule has 1 fully saturated rings. The number of nitrogens with one attached hydrogen (secondary N) is 1. The summed E-state index contributed by atoms with van der Waals surface area (Å²) in [6.07, 6.45) is 6.55. The number of nitrogens with zero attached hydrogens (tertiary/aromatic N) is 1. The highest BCUT2D eigenvalue weighted by Gasteiger charge is 2.44.